The van der Waals surface area contributed by atoms with E-state index in [1.807, 2.05) is 24.3 Å². The van der Waals surface area contributed by atoms with Crippen molar-refractivity contribution >= 4 is 12.0 Å². The Balaban J connectivity index is 1.84. The highest BCUT2D eigenvalue weighted by atomic mass is 16.5. The Bertz CT molecular complexity index is 696. The van der Waals surface area contributed by atoms with Crippen molar-refractivity contribution in [3.05, 3.63) is 59.5 Å². The lowest BCUT2D eigenvalue weighted by Gasteiger charge is -2.35. The van der Waals surface area contributed by atoms with Gasteiger partial charge in [-0.2, -0.15) is 0 Å². The lowest BCUT2D eigenvalue weighted by atomic mass is 9.92. The second-order valence-electron chi connectivity index (χ2n) is 5.31. The van der Waals surface area contributed by atoms with Crippen molar-refractivity contribution in [2.75, 3.05) is 13.7 Å². The maximum Gasteiger partial charge on any atom is 0.410 e. The van der Waals surface area contributed by atoms with Crippen LogP contribution < -0.4 is 5.32 Å². The summed E-state index contributed by atoms with van der Waals surface area (Å²) in [6.45, 7) is 0.724. The van der Waals surface area contributed by atoms with Crippen LogP contribution in [0.2, 0.25) is 0 Å². The van der Waals surface area contributed by atoms with Crippen molar-refractivity contribution in [2.24, 2.45) is 0 Å². The normalized spacial score (nSPS) is 16.6. The van der Waals surface area contributed by atoms with Crippen LogP contribution in [0, 0.1) is 0 Å². The number of fused-ring (bicyclic) bond motifs is 1. The molecule has 1 aliphatic rings. The zero-order chi connectivity index (χ0) is 16.2. The van der Waals surface area contributed by atoms with Gasteiger partial charge in [-0.3, -0.25) is 9.69 Å². The van der Waals surface area contributed by atoms with E-state index in [-0.39, 0.29) is 12.5 Å². The highest BCUT2D eigenvalue weighted by Crippen LogP contribution is 2.30. The first kappa shape index (κ1) is 15.1. The summed E-state index contributed by atoms with van der Waals surface area (Å²) in [5, 5.41) is 2.82. The average molecular weight is 314 g/mol. The zero-order valence-electron chi connectivity index (χ0n) is 12.8. The van der Waals surface area contributed by atoms with Crippen molar-refractivity contribution < 1.29 is 18.7 Å². The van der Waals surface area contributed by atoms with Crippen molar-refractivity contribution in [3.8, 4) is 0 Å². The second-order valence-corrected chi connectivity index (χ2v) is 5.31. The molecule has 0 bridgehead atoms. The van der Waals surface area contributed by atoms with Crippen molar-refractivity contribution in [1.82, 2.24) is 10.2 Å². The average Bonchev–Trinajstić information content (AvgIpc) is 3.11. The molecule has 3 rings (SSSR count). The number of hydrogen-bond acceptors (Lipinski definition) is 4. The Morgan fingerprint density at radius 3 is 2.87 bits per heavy atom. The van der Waals surface area contributed by atoms with E-state index in [4.69, 9.17) is 9.15 Å². The lowest BCUT2D eigenvalue weighted by molar-refractivity contribution is -0.126. The molecule has 2 amide bonds. The minimum Gasteiger partial charge on any atom is -0.467 e. The maximum absolute atomic E-state index is 12.7. The third-order valence-electron chi connectivity index (χ3n) is 3.96. The first-order valence-corrected chi connectivity index (χ1v) is 7.43. The van der Waals surface area contributed by atoms with E-state index in [1.54, 1.807) is 18.4 Å². The van der Waals surface area contributed by atoms with Gasteiger partial charge in [-0.05, 0) is 29.7 Å². The number of nitrogens with one attached hydrogen (secondary N) is 1. The molecule has 0 saturated carbocycles. The summed E-state index contributed by atoms with van der Waals surface area (Å²) in [4.78, 5) is 26.2. The van der Waals surface area contributed by atoms with E-state index in [0.29, 0.717) is 18.7 Å². The molecule has 0 radical (unpaired) electrons. The summed E-state index contributed by atoms with van der Waals surface area (Å²) in [6.07, 6.45) is 1.75. The molecule has 0 spiro atoms. The summed E-state index contributed by atoms with van der Waals surface area (Å²) < 4.78 is 10.0. The summed E-state index contributed by atoms with van der Waals surface area (Å²) in [6, 6.07) is 10.5. The lowest BCUT2D eigenvalue weighted by Crippen LogP contribution is -2.47. The Morgan fingerprint density at radius 1 is 1.30 bits per heavy atom. The van der Waals surface area contributed by atoms with Gasteiger partial charge in [-0.25, -0.2) is 4.79 Å². The summed E-state index contributed by atoms with van der Waals surface area (Å²) in [5.41, 5.74) is 1.91. The van der Waals surface area contributed by atoms with Crippen molar-refractivity contribution in [2.45, 2.75) is 19.0 Å². The Labute approximate surface area is 134 Å². The molecule has 0 saturated heterocycles. The Kier molecular flexibility index (Phi) is 4.32. The molecule has 0 fully saturated rings. The fraction of sp³-hybridized carbons (Fsp3) is 0.294. The van der Waals surface area contributed by atoms with Crippen LogP contribution in [0.4, 0.5) is 4.79 Å². The van der Waals surface area contributed by atoms with Gasteiger partial charge in [0.15, 0.2) is 0 Å². The first-order valence-electron chi connectivity index (χ1n) is 7.43. The Hall–Kier alpha value is -2.76. The van der Waals surface area contributed by atoms with Crippen LogP contribution in [0.25, 0.3) is 0 Å². The van der Waals surface area contributed by atoms with Gasteiger partial charge in [0, 0.05) is 6.54 Å². The van der Waals surface area contributed by atoms with E-state index in [1.165, 1.54) is 12.0 Å². The summed E-state index contributed by atoms with van der Waals surface area (Å²) in [7, 11) is 1.32. The molecule has 1 atom stereocenters. The third kappa shape index (κ3) is 3.06. The smallest absolute Gasteiger partial charge is 0.410 e. The van der Waals surface area contributed by atoms with Gasteiger partial charge >= 0.3 is 6.09 Å². The molecule has 1 aromatic heterocycles. The molecular formula is C17H18N2O4. The van der Waals surface area contributed by atoms with Crippen LogP contribution in [0.15, 0.2) is 47.1 Å². The van der Waals surface area contributed by atoms with Crippen molar-refractivity contribution in [1.29, 1.82) is 0 Å². The number of carbonyl (C=O) groups excluding carboxylic acids is 2. The predicted octanol–water partition coefficient (Wildman–Crippen LogP) is 2.26. The monoisotopic (exact) mass is 314 g/mol. The van der Waals surface area contributed by atoms with E-state index in [2.05, 4.69) is 5.32 Å². The van der Waals surface area contributed by atoms with Gasteiger partial charge < -0.3 is 14.5 Å². The molecule has 2 heterocycles. The Morgan fingerprint density at radius 2 is 2.13 bits per heavy atom. The summed E-state index contributed by atoms with van der Waals surface area (Å²) in [5.74, 6) is 0.408. The van der Waals surface area contributed by atoms with Crippen LogP contribution >= 0.6 is 0 Å². The van der Waals surface area contributed by atoms with Gasteiger partial charge in [0.1, 0.15) is 11.8 Å². The van der Waals surface area contributed by atoms with Crippen molar-refractivity contribution in [3.63, 3.8) is 0 Å². The largest absolute Gasteiger partial charge is 0.467 e. The van der Waals surface area contributed by atoms with Crippen LogP contribution in [0.3, 0.4) is 0 Å². The van der Waals surface area contributed by atoms with Crippen LogP contribution in [0.1, 0.15) is 22.9 Å². The molecule has 6 heteroatoms. The highest BCUT2D eigenvalue weighted by Gasteiger charge is 2.36. The molecule has 1 aliphatic heterocycles. The number of ether oxygens (including phenoxy) is 1. The van der Waals surface area contributed by atoms with Crippen LogP contribution in [-0.4, -0.2) is 30.6 Å². The minimum absolute atomic E-state index is 0.251. The van der Waals surface area contributed by atoms with E-state index in [9.17, 15) is 9.59 Å². The summed E-state index contributed by atoms with van der Waals surface area (Å²) >= 11 is 0. The van der Waals surface area contributed by atoms with E-state index < -0.39 is 12.1 Å². The molecule has 2 aromatic rings. The minimum atomic E-state index is -0.692. The predicted molar refractivity (Wildman–Crippen MR) is 82.6 cm³/mol. The fourth-order valence-electron chi connectivity index (χ4n) is 2.85. The molecule has 0 unspecified atom stereocenters. The van der Waals surface area contributed by atoms with Gasteiger partial charge in [0.25, 0.3) is 0 Å². The maximum atomic E-state index is 12.7. The number of hydrogen-bond donors (Lipinski definition) is 1. The van der Waals surface area contributed by atoms with Crippen LogP contribution in [0.5, 0.6) is 0 Å². The van der Waals surface area contributed by atoms with Gasteiger partial charge in [0.05, 0.1) is 19.9 Å². The number of methoxy groups -OCH3 is 1. The fourth-order valence-corrected chi connectivity index (χ4v) is 2.85. The zero-order valence-corrected chi connectivity index (χ0v) is 12.8. The number of nitrogens with zero attached hydrogens (tertiary/aromatic N) is 1. The molecule has 120 valence electrons. The topological polar surface area (TPSA) is 71.8 Å². The molecule has 1 N–H and O–H groups in total. The van der Waals surface area contributed by atoms with Gasteiger partial charge in [-0.1, -0.05) is 24.3 Å². The number of rotatable bonds is 3. The standard InChI is InChI=1S/C17H18N2O4/c1-22-17(21)19-9-8-12-5-2-3-7-14(12)15(19)16(20)18-11-13-6-4-10-23-13/h2-7,10,15H,8-9,11H2,1H3,(H,18,20)/t15-/m1/s1. The third-order valence-corrected chi connectivity index (χ3v) is 3.96. The molecule has 0 aliphatic carbocycles. The SMILES string of the molecule is COC(=O)N1CCc2ccccc2[C@@H]1C(=O)NCc1ccco1. The number of carbonyl (C=O) groups is 2. The van der Waals surface area contributed by atoms with E-state index >= 15 is 0 Å². The number of furan rings is 1. The molecule has 23 heavy (non-hydrogen) atoms. The highest BCUT2D eigenvalue weighted by molar-refractivity contribution is 5.87. The van der Waals surface area contributed by atoms with Gasteiger partial charge in [-0.15, -0.1) is 0 Å². The first-order chi connectivity index (χ1) is 11.2. The molecule has 6 nitrogen and oxygen atoms in total. The number of benzene rings is 1. The van der Waals surface area contributed by atoms with Crippen LogP contribution in [-0.2, 0) is 22.5 Å². The molecular weight excluding hydrogens is 296 g/mol. The van der Waals surface area contributed by atoms with E-state index in [0.717, 1.165) is 11.1 Å². The number of amides is 2. The molecule has 1 aromatic carbocycles. The second kappa shape index (κ2) is 6.56. The van der Waals surface area contributed by atoms with Gasteiger partial charge in [0.2, 0.25) is 5.91 Å². The quantitative estimate of drug-likeness (QED) is 0.943.